The van der Waals surface area contributed by atoms with E-state index in [-0.39, 0.29) is 24.9 Å². The number of anilines is 2. The number of likely N-dealkylation sites (N-methyl/N-ethyl adjacent to an activating group) is 1. The molecule has 7 nitrogen and oxygen atoms in total. The van der Waals surface area contributed by atoms with Crippen LogP contribution in [0.3, 0.4) is 0 Å². The molecule has 0 atom stereocenters. The molecule has 0 saturated carbocycles. The first kappa shape index (κ1) is 24.2. The molecule has 1 aromatic heterocycles. The first-order chi connectivity index (χ1) is 16.9. The summed E-state index contributed by atoms with van der Waals surface area (Å²) in [6.45, 7) is 4.06. The smallest absolute Gasteiger partial charge is 0.239 e. The Morgan fingerprint density at radius 3 is 2.37 bits per heavy atom. The highest BCUT2D eigenvalue weighted by Crippen LogP contribution is 2.35. The number of fused-ring (bicyclic) bond motifs is 1. The van der Waals surface area contributed by atoms with Gasteiger partial charge in [0.2, 0.25) is 11.8 Å². The van der Waals surface area contributed by atoms with E-state index in [2.05, 4.69) is 16.7 Å². The van der Waals surface area contributed by atoms with E-state index in [1.165, 1.54) is 0 Å². The maximum atomic E-state index is 13.0. The van der Waals surface area contributed by atoms with Gasteiger partial charge in [0, 0.05) is 17.1 Å². The molecule has 1 aliphatic carbocycles. The topological polar surface area (TPSA) is 90.2 Å². The molecule has 3 aromatic rings. The molecule has 2 N–H and O–H groups in total. The molecule has 7 heteroatoms. The summed E-state index contributed by atoms with van der Waals surface area (Å²) < 4.78 is 2.01. The van der Waals surface area contributed by atoms with Crippen molar-refractivity contribution >= 4 is 23.3 Å². The highest BCUT2D eigenvalue weighted by Gasteiger charge is 2.27. The van der Waals surface area contributed by atoms with Gasteiger partial charge in [-0.1, -0.05) is 30.3 Å². The van der Waals surface area contributed by atoms with Crippen molar-refractivity contribution in [2.75, 3.05) is 30.8 Å². The van der Waals surface area contributed by atoms with Crippen molar-refractivity contribution in [1.29, 1.82) is 5.26 Å². The van der Waals surface area contributed by atoms with E-state index in [9.17, 15) is 14.9 Å². The zero-order valence-corrected chi connectivity index (χ0v) is 20.5. The third-order valence-corrected chi connectivity index (χ3v) is 6.56. The molecule has 35 heavy (non-hydrogen) atoms. The van der Waals surface area contributed by atoms with Crippen LogP contribution < -0.4 is 10.6 Å². The van der Waals surface area contributed by atoms with Gasteiger partial charge in [-0.2, -0.15) is 5.26 Å². The average Bonchev–Trinajstić information content (AvgIpc) is 3.15. The minimum Gasteiger partial charge on any atom is -0.325 e. The zero-order chi connectivity index (χ0) is 24.9. The number of aromatic nitrogens is 1. The molecule has 0 aliphatic heterocycles. The van der Waals surface area contributed by atoms with Gasteiger partial charge in [-0.25, -0.2) is 0 Å². The minimum atomic E-state index is -0.268. The van der Waals surface area contributed by atoms with Crippen LogP contribution in [0.5, 0.6) is 0 Å². The second-order valence-electron chi connectivity index (χ2n) is 9.15. The summed E-state index contributed by atoms with van der Waals surface area (Å²) in [6.07, 6.45) is 3.79. The molecule has 1 aliphatic rings. The number of benzene rings is 2. The van der Waals surface area contributed by atoms with Gasteiger partial charge in [0.05, 0.1) is 18.7 Å². The monoisotopic (exact) mass is 469 g/mol. The highest BCUT2D eigenvalue weighted by molar-refractivity contribution is 5.96. The number of amides is 2. The molecular weight excluding hydrogens is 438 g/mol. The van der Waals surface area contributed by atoms with Crippen LogP contribution in [-0.2, 0) is 22.4 Å². The van der Waals surface area contributed by atoms with Gasteiger partial charge in [-0.05, 0) is 81.5 Å². The molecule has 0 bridgehead atoms. The number of carbonyl (C=O) groups is 2. The number of para-hydroxylation sites is 1. The molecular formula is C28H31N5O2. The van der Waals surface area contributed by atoms with Gasteiger partial charge < -0.3 is 10.6 Å². The third kappa shape index (κ3) is 5.28. The van der Waals surface area contributed by atoms with Crippen LogP contribution in [0.1, 0.15) is 40.8 Å². The number of nitrogens with one attached hydrogen (secondary N) is 2. The van der Waals surface area contributed by atoms with Crippen LogP contribution in [0.4, 0.5) is 11.5 Å². The van der Waals surface area contributed by atoms with Gasteiger partial charge in [0.25, 0.3) is 0 Å². The Balaban J connectivity index is 1.49. The molecule has 180 valence electrons. The Morgan fingerprint density at radius 2 is 1.66 bits per heavy atom. The Bertz CT molecular complexity index is 1290. The maximum Gasteiger partial charge on any atom is 0.239 e. The largest absolute Gasteiger partial charge is 0.325 e. The standard InChI is InChI=1S/C28H31N5O2/c1-19-10-9-14-24(20(19)2)30-26(34)17-32(3)18-27(35)31-28-23(16-29)22-13-7-8-15-25(22)33(28)21-11-5-4-6-12-21/h4-6,9-12,14H,7-8,13,15,17-18H2,1-3H3,(H,30,34)(H,31,35). The zero-order valence-electron chi connectivity index (χ0n) is 20.5. The van der Waals surface area contributed by atoms with Crippen molar-refractivity contribution in [3.8, 4) is 11.8 Å². The van der Waals surface area contributed by atoms with Crippen molar-refractivity contribution in [2.24, 2.45) is 0 Å². The minimum absolute atomic E-state index is 0.0235. The van der Waals surface area contributed by atoms with Gasteiger partial charge in [0.15, 0.2) is 0 Å². The average molecular weight is 470 g/mol. The fourth-order valence-corrected chi connectivity index (χ4v) is 4.69. The fraction of sp³-hybridized carbons (Fsp3) is 0.321. The Hall–Kier alpha value is -3.89. The van der Waals surface area contributed by atoms with E-state index in [0.29, 0.717) is 11.4 Å². The summed E-state index contributed by atoms with van der Waals surface area (Å²) in [7, 11) is 1.73. The lowest BCUT2D eigenvalue weighted by atomic mass is 9.95. The van der Waals surface area contributed by atoms with E-state index in [0.717, 1.165) is 59.4 Å². The van der Waals surface area contributed by atoms with Gasteiger partial charge in [-0.15, -0.1) is 0 Å². The number of nitrogens with zero attached hydrogens (tertiary/aromatic N) is 3. The van der Waals surface area contributed by atoms with Crippen LogP contribution >= 0.6 is 0 Å². The lowest BCUT2D eigenvalue weighted by Gasteiger charge is -2.19. The molecule has 0 unspecified atom stereocenters. The quantitative estimate of drug-likeness (QED) is 0.538. The van der Waals surface area contributed by atoms with Gasteiger partial charge >= 0.3 is 0 Å². The van der Waals surface area contributed by atoms with E-state index < -0.39 is 0 Å². The van der Waals surface area contributed by atoms with Crippen LogP contribution in [0.2, 0.25) is 0 Å². The number of rotatable bonds is 7. The maximum absolute atomic E-state index is 13.0. The molecule has 2 amide bonds. The normalized spacial score (nSPS) is 12.7. The molecule has 0 spiro atoms. The number of hydrogen-bond donors (Lipinski definition) is 2. The van der Waals surface area contributed by atoms with Crippen LogP contribution in [0.25, 0.3) is 5.69 Å². The predicted molar refractivity (Wildman–Crippen MR) is 138 cm³/mol. The molecule has 1 heterocycles. The van der Waals surface area contributed by atoms with Crippen molar-refractivity contribution in [3.05, 3.63) is 76.5 Å². The lowest BCUT2D eigenvalue weighted by Crippen LogP contribution is -2.36. The summed E-state index contributed by atoms with van der Waals surface area (Å²) in [5.74, 6) is 0.0641. The van der Waals surface area contributed by atoms with Crippen molar-refractivity contribution in [2.45, 2.75) is 39.5 Å². The summed E-state index contributed by atoms with van der Waals surface area (Å²) in [4.78, 5) is 27.2. The molecule has 0 fully saturated rings. The second-order valence-corrected chi connectivity index (χ2v) is 9.15. The molecule has 2 aromatic carbocycles. The number of nitriles is 1. The van der Waals surface area contributed by atoms with Crippen molar-refractivity contribution in [3.63, 3.8) is 0 Å². The SMILES string of the molecule is Cc1cccc(NC(=O)CN(C)CC(=O)Nc2c(C#N)c3c(n2-c2ccccc2)CCCC3)c1C. The Kier molecular flexibility index (Phi) is 7.33. The molecule has 4 rings (SSSR count). The van der Waals surface area contributed by atoms with Crippen LogP contribution in [0, 0.1) is 25.2 Å². The summed E-state index contributed by atoms with van der Waals surface area (Å²) in [5, 5.41) is 15.9. The van der Waals surface area contributed by atoms with E-state index in [4.69, 9.17) is 0 Å². The second kappa shape index (κ2) is 10.6. The number of carbonyl (C=O) groups excluding carboxylic acids is 2. The first-order valence-electron chi connectivity index (χ1n) is 12.0. The Labute approximate surface area is 206 Å². The van der Waals surface area contributed by atoms with Crippen molar-refractivity contribution in [1.82, 2.24) is 9.47 Å². The number of hydrogen-bond acceptors (Lipinski definition) is 4. The first-order valence-corrected chi connectivity index (χ1v) is 12.0. The van der Waals surface area contributed by atoms with E-state index in [1.54, 1.807) is 11.9 Å². The third-order valence-electron chi connectivity index (χ3n) is 6.56. The summed E-state index contributed by atoms with van der Waals surface area (Å²) in [5.41, 5.74) is 6.48. The highest BCUT2D eigenvalue weighted by atomic mass is 16.2. The van der Waals surface area contributed by atoms with Crippen LogP contribution in [-0.4, -0.2) is 41.4 Å². The van der Waals surface area contributed by atoms with Gasteiger partial charge in [-0.3, -0.25) is 19.1 Å². The molecule has 0 radical (unpaired) electrons. The lowest BCUT2D eigenvalue weighted by molar-refractivity contribution is -0.119. The fourth-order valence-electron chi connectivity index (χ4n) is 4.69. The van der Waals surface area contributed by atoms with Gasteiger partial charge in [0.1, 0.15) is 11.9 Å². The Morgan fingerprint density at radius 1 is 0.971 bits per heavy atom. The van der Waals surface area contributed by atoms with Crippen LogP contribution in [0.15, 0.2) is 48.5 Å². The van der Waals surface area contributed by atoms with Crippen molar-refractivity contribution < 1.29 is 9.59 Å². The van der Waals surface area contributed by atoms with E-state index in [1.807, 2.05) is 66.9 Å². The molecule has 0 saturated heterocycles. The predicted octanol–water partition coefficient (Wildman–Crippen LogP) is 4.35. The summed E-state index contributed by atoms with van der Waals surface area (Å²) in [6, 6.07) is 17.9. The summed E-state index contributed by atoms with van der Waals surface area (Å²) >= 11 is 0. The number of aryl methyl sites for hydroxylation is 1. The van der Waals surface area contributed by atoms with E-state index >= 15 is 0 Å².